The van der Waals surface area contributed by atoms with Crippen LogP contribution in [0.1, 0.15) is 0 Å². The SMILES string of the molecule is O=NNO.[AlH3]. The lowest BCUT2D eigenvalue weighted by Crippen LogP contribution is -1.89. The summed E-state index contributed by atoms with van der Waals surface area (Å²) in [7, 11) is 0. The predicted molar refractivity (Wildman–Crippen MR) is 20.7 cm³/mol. The Balaban J connectivity index is 0. The molecular formula is H5AlN2O2. The third-order valence-corrected chi connectivity index (χ3v) is 0.0408. The van der Waals surface area contributed by atoms with E-state index in [1.54, 1.807) is 5.29 Å². The Labute approximate surface area is 39.2 Å². The van der Waals surface area contributed by atoms with Crippen LogP contribution in [0.25, 0.3) is 0 Å². The van der Waals surface area contributed by atoms with Gasteiger partial charge in [-0.15, -0.1) is 4.91 Å². The summed E-state index contributed by atoms with van der Waals surface area (Å²) in [6.07, 6.45) is 0. The van der Waals surface area contributed by atoms with Gasteiger partial charge in [-0.2, -0.15) is 5.59 Å². The smallest absolute Gasteiger partial charge is 0.187 e. The highest BCUT2D eigenvalue weighted by atomic mass is 27.0. The van der Waals surface area contributed by atoms with Gasteiger partial charge in [0.05, 0.1) is 5.29 Å². The van der Waals surface area contributed by atoms with E-state index in [1.807, 2.05) is 0 Å². The second kappa shape index (κ2) is 9.09. The van der Waals surface area contributed by atoms with E-state index in [0.29, 0.717) is 0 Å². The third-order valence-electron chi connectivity index (χ3n) is 0.0408. The lowest BCUT2D eigenvalue weighted by molar-refractivity contribution is 0.170. The summed E-state index contributed by atoms with van der Waals surface area (Å²) in [6, 6.07) is 0. The molecule has 0 atom stereocenters. The minimum absolute atomic E-state index is 0. The molecule has 0 aromatic rings. The van der Waals surface area contributed by atoms with E-state index >= 15 is 0 Å². The van der Waals surface area contributed by atoms with Crippen LogP contribution in [-0.4, -0.2) is 22.6 Å². The molecule has 0 fully saturated rings. The van der Waals surface area contributed by atoms with Gasteiger partial charge < -0.3 is 0 Å². The van der Waals surface area contributed by atoms with Gasteiger partial charge in [0, 0.05) is 0 Å². The monoisotopic (exact) mass is 92.0 g/mol. The van der Waals surface area contributed by atoms with Gasteiger partial charge in [0.15, 0.2) is 17.4 Å². The summed E-state index contributed by atoms with van der Waals surface area (Å²) in [6.45, 7) is 0. The summed E-state index contributed by atoms with van der Waals surface area (Å²) in [5.41, 5.74) is 1.00. The summed E-state index contributed by atoms with van der Waals surface area (Å²) in [5, 5.41) is 8.94. The molecule has 0 radical (unpaired) electrons. The zero-order valence-corrected chi connectivity index (χ0v) is 1.80. The second-order valence-corrected chi connectivity index (χ2v) is 0.191. The minimum Gasteiger partial charge on any atom is -0.272 e. The molecule has 0 aromatic heterocycles. The molecule has 0 amide bonds. The molecule has 0 bridgehead atoms. The third kappa shape index (κ3) is 17.5. The highest BCUT2D eigenvalue weighted by Crippen LogP contribution is 1.30. The van der Waals surface area contributed by atoms with Crippen LogP contribution >= 0.6 is 0 Å². The van der Waals surface area contributed by atoms with Crippen LogP contribution in [0.4, 0.5) is 0 Å². The van der Waals surface area contributed by atoms with Crippen LogP contribution < -0.4 is 5.59 Å². The Morgan fingerprint density at radius 3 is 2.00 bits per heavy atom. The normalized spacial score (nSPS) is 4.20. The lowest BCUT2D eigenvalue weighted by atomic mass is 12.8. The molecule has 0 heterocycles. The van der Waals surface area contributed by atoms with Crippen molar-refractivity contribution in [3.8, 4) is 0 Å². The largest absolute Gasteiger partial charge is 0.272 e. The van der Waals surface area contributed by atoms with Crippen molar-refractivity contribution in [2.24, 2.45) is 5.29 Å². The molecule has 4 nitrogen and oxygen atoms in total. The lowest BCUT2D eigenvalue weighted by Gasteiger charge is -1.62. The van der Waals surface area contributed by atoms with Crippen LogP contribution in [0.2, 0.25) is 0 Å². The zero-order chi connectivity index (χ0) is 3.41. The maximum Gasteiger partial charge on any atom is 0.187 e. The van der Waals surface area contributed by atoms with Crippen molar-refractivity contribution in [3.05, 3.63) is 4.91 Å². The predicted octanol–water partition coefficient (Wildman–Crippen LogP) is -1.54. The van der Waals surface area contributed by atoms with Crippen LogP contribution in [0.15, 0.2) is 5.29 Å². The van der Waals surface area contributed by atoms with E-state index in [-0.39, 0.29) is 17.4 Å². The van der Waals surface area contributed by atoms with Gasteiger partial charge in [0.2, 0.25) is 0 Å². The Bertz CT molecular complexity index is 21.6. The summed E-state index contributed by atoms with van der Waals surface area (Å²) in [4.78, 5) is 8.56. The van der Waals surface area contributed by atoms with Crippen LogP contribution in [0, 0.1) is 4.91 Å². The van der Waals surface area contributed by atoms with Crippen molar-refractivity contribution in [2.75, 3.05) is 0 Å². The van der Waals surface area contributed by atoms with E-state index in [0.717, 1.165) is 5.59 Å². The van der Waals surface area contributed by atoms with Gasteiger partial charge in [0.25, 0.3) is 0 Å². The quantitative estimate of drug-likeness (QED) is 0.234. The molecular weight excluding hydrogens is 87.0 g/mol. The first-order valence-electron chi connectivity index (χ1n) is 0.630. The number of nitroso groups, excluding NO2 is 1. The Kier molecular flexibility index (Phi) is 16.1. The molecule has 0 aliphatic carbocycles. The van der Waals surface area contributed by atoms with Crippen LogP contribution in [-0.2, 0) is 0 Å². The Morgan fingerprint density at radius 2 is 2.00 bits per heavy atom. The standard InChI is InChI=1S/Al.H2N2O2.3H/c;3-1-2-4;;;/h;(H,1,4)(H,2,3);;;. The van der Waals surface area contributed by atoms with Gasteiger partial charge in [0.1, 0.15) is 0 Å². The minimum atomic E-state index is 0. The number of nitrogens with one attached hydrogen (secondary N) is 1. The van der Waals surface area contributed by atoms with Crippen molar-refractivity contribution in [1.29, 1.82) is 0 Å². The molecule has 0 unspecified atom stereocenters. The molecule has 0 aromatic carbocycles. The molecule has 0 saturated heterocycles. The summed E-state index contributed by atoms with van der Waals surface area (Å²) in [5.74, 6) is 0. The average Bonchev–Trinajstić information content (AvgIpc) is 1.37. The van der Waals surface area contributed by atoms with Crippen molar-refractivity contribution < 1.29 is 5.21 Å². The van der Waals surface area contributed by atoms with E-state index in [1.165, 1.54) is 0 Å². The van der Waals surface area contributed by atoms with Crippen LogP contribution in [0.3, 0.4) is 0 Å². The van der Waals surface area contributed by atoms with Crippen molar-refractivity contribution in [2.45, 2.75) is 0 Å². The Hall–Kier alpha value is -0.108. The fourth-order valence-corrected chi connectivity index (χ4v) is 0. The molecule has 5 heavy (non-hydrogen) atoms. The first-order chi connectivity index (χ1) is 1.91. The highest BCUT2D eigenvalue weighted by molar-refractivity contribution is 5.75. The van der Waals surface area contributed by atoms with E-state index in [4.69, 9.17) is 10.1 Å². The average molecular weight is 92.0 g/mol. The molecule has 0 aliphatic heterocycles. The van der Waals surface area contributed by atoms with Gasteiger partial charge in [-0.05, 0) is 0 Å². The summed E-state index contributed by atoms with van der Waals surface area (Å²) >= 11 is 0. The molecule has 0 aliphatic rings. The number of rotatable bonds is 1. The molecule has 30 valence electrons. The fraction of sp³-hybridized carbons (Fsp3) is 0. The van der Waals surface area contributed by atoms with E-state index < -0.39 is 0 Å². The number of hydrogen-bond acceptors (Lipinski definition) is 3. The van der Waals surface area contributed by atoms with Gasteiger partial charge in [-0.3, -0.25) is 5.21 Å². The second-order valence-electron chi connectivity index (χ2n) is 0.191. The first kappa shape index (κ1) is 8.86. The Morgan fingerprint density at radius 1 is 1.80 bits per heavy atom. The maximum atomic E-state index is 8.56. The van der Waals surface area contributed by atoms with Crippen LogP contribution in [0.5, 0.6) is 0 Å². The van der Waals surface area contributed by atoms with Gasteiger partial charge in [-0.25, -0.2) is 0 Å². The van der Waals surface area contributed by atoms with E-state index in [9.17, 15) is 0 Å². The van der Waals surface area contributed by atoms with Crippen molar-refractivity contribution in [1.82, 2.24) is 5.59 Å². The maximum absolute atomic E-state index is 8.56. The number of hydrogen-bond donors (Lipinski definition) is 2. The van der Waals surface area contributed by atoms with Crippen molar-refractivity contribution in [3.63, 3.8) is 0 Å². The highest BCUT2D eigenvalue weighted by Gasteiger charge is 1.42. The molecule has 0 rings (SSSR count). The van der Waals surface area contributed by atoms with Gasteiger partial charge >= 0.3 is 0 Å². The topological polar surface area (TPSA) is 61.7 Å². The van der Waals surface area contributed by atoms with E-state index in [2.05, 4.69) is 0 Å². The molecule has 0 spiro atoms. The van der Waals surface area contributed by atoms with Crippen molar-refractivity contribution >= 4 is 17.4 Å². The first-order valence-corrected chi connectivity index (χ1v) is 0.630. The fourth-order valence-electron chi connectivity index (χ4n) is 0. The molecule has 5 heteroatoms. The zero-order valence-electron chi connectivity index (χ0n) is 1.80. The number of nitrogens with zero attached hydrogens (tertiary/aromatic N) is 1. The molecule has 2 N–H and O–H groups in total. The molecule has 0 saturated carbocycles. The van der Waals surface area contributed by atoms with Gasteiger partial charge in [-0.1, -0.05) is 0 Å². The summed E-state index contributed by atoms with van der Waals surface area (Å²) < 4.78 is 0.